The molecule has 0 aliphatic carbocycles. The van der Waals surface area contributed by atoms with Gasteiger partial charge >= 0.3 is 6.09 Å². The predicted molar refractivity (Wildman–Crippen MR) is 101 cm³/mol. The van der Waals surface area contributed by atoms with E-state index in [1.165, 1.54) is 17.9 Å². The molecule has 0 aromatic heterocycles. The van der Waals surface area contributed by atoms with Crippen LogP contribution in [0.2, 0.25) is 0 Å². The van der Waals surface area contributed by atoms with Gasteiger partial charge in [-0.15, -0.1) is 0 Å². The number of ketones is 1. The molecule has 2 unspecified atom stereocenters. The molecule has 3 saturated heterocycles. The number of fused-ring (bicyclic) bond motifs is 2. The molecule has 2 bridgehead atoms. The second-order valence-corrected chi connectivity index (χ2v) is 9.10. The quantitative estimate of drug-likeness (QED) is 0.768. The Hall–Kier alpha value is -1.96. The summed E-state index contributed by atoms with van der Waals surface area (Å²) in [5.41, 5.74) is 0.975. The number of halogens is 1. The third kappa shape index (κ3) is 3.59. The third-order valence-electron chi connectivity index (χ3n) is 5.59. The number of ether oxygens (including phenoxy) is 1. The van der Waals surface area contributed by atoms with Crippen molar-refractivity contribution in [3.63, 3.8) is 0 Å². The number of carbonyl (C=O) groups excluding carboxylic acids is 2. The molecule has 0 saturated carbocycles. The summed E-state index contributed by atoms with van der Waals surface area (Å²) in [4.78, 5) is 26.7. The molecule has 6 nitrogen and oxygen atoms in total. The van der Waals surface area contributed by atoms with Gasteiger partial charge in [0, 0.05) is 40.8 Å². The first-order valence-electron chi connectivity index (χ1n) is 9.33. The Bertz CT molecular complexity index is 786. The van der Waals surface area contributed by atoms with Crippen molar-refractivity contribution >= 4 is 34.1 Å². The zero-order valence-corrected chi connectivity index (χ0v) is 16.0. The Kier molecular flexibility index (Phi) is 4.92. The molecular formula is C19H23FN2O4S. The van der Waals surface area contributed by atoms with Gasteiger partial charge in [-0.05, 0) is 44.4 Å². The van der Waals surface area contributed by atoms with Crippen molar-refractivity contribution in [1.82, 2.24) is 0 Å². The van der Waals surface area contributed by atoms with Gasteiger partial charge in [-0.2, -0.15) is 0 Å². The van der Waals surface area contributed by atoms with Gasteiger partial charge in [-0.3, -0.25) is 9.11 Å². The van der Waals surface area contributed by atoms with E-state index in [9.17, 15) is 18.2 Å². The molecule has 3 fully saturated rings. The lowest BCUT2D eigenvalue weighted by Gasteiger charge is -2.36. The highest BCUT2D eigenvalue weighted by Crippen LogP contribution is 2.37. The summed E-state index contributed by atoms with van der Waals surface area (Å²) in [5.74, 6) is 0.858. The molecule has 3 aliphatic rings. The molecule has 3 heterocycles. The van der Waals surface area contributed by atoms with Crippen molar-refractivity contribution in [2.75, 3.05) is 27.9 Å². The van der Waals surface area contributed by atoms with Gasteiger partial charge in [0.2, 0.25) is 0 Å². The highest BCUT2D eigenvalue weighted by Gasteiger charge is 2.41. The molecule has 1 amide bonds. The topological polar surface area (TPSA) is 66.9 Å². The molecule has 0 radical (unpaired) electrons. The van der Waals surface area contributed by atoms with Gasteiger partial charge in [-0.1, -0.05) is 0 Å². The Morgan fingerprint density at radius 2 is 2.00 bits per heavy atom. The van der Waals surface area contributed by atoms with Crippen molar-refractivity contribution in [3.8, 4) is 0 Å². The molecule has 1 aromatic rings. The number of anilines is 2. The predicted octanol–water partition coefficient (Wildman–Crippen LogP) is 2.62. The molecule has 146 valence electrons. The Morgan fingerprint density at radius 3 is 2.63 bits per heavy atom. The van der Waals surface area contributed by atoms with E-state index in [-0.39, 0.29) is 29.8 Å². The average molecular weight is 394 g/mol. The molecule has 0 spiro atoms. The van der Waals surface area contributed by atoms with Crippen LogP contribution in [0.25, 0.3) is 0 Å². The first kappa shape index (κ1) is 18.4. The van der Waals surface area contributed by atoms with E-state index in [2.05, 4.69) is 4.90 Å². The summed E-state index contributed by atoms with van der Waals surface area (Å²) in [6, 6.07) is 5.06. The summed E-state index contributed by atoms with van der Waals surface area (Å²) >= 11 is 0. The van der Waals surface area contributed by atoms with Gasteiger partial charge in [0.05, 0.1) is 17.9 Å². The fourth-order valence-electron chi connectivity index (χ4n) is 4.30. The van der Waals surface area contributed by atoms with E-state index in [0.717, 1.165) is 12.8 Å². The molecule has 8 heteroatoms. The third-order valence-corrected chi connectivity index (χ3v) is 7.10. The summed E-state index contributed by atoms with van der Waals surface area (Å²) < 4.78 is 32.1. The maximum absolute atomic E-state index is 14.9. The van der Waals surface area contributed by atoms with Crippen LogP contribution in [0, 0.1) is 5.82 Å². The molecular weight excluding hydrogens is 371 g/mol. The van der Waals surface area contributed by atoms with Crippen molar-refractivity contribution in [1.29, 1.82) is 0 Å². The zero-order valence-electron chi connectivity index (χ0n) is 15.2. The van der Waals surface area contributed by atoms with Crippen molar-refractivity contribution in [3.05, 3.63) is 24.0 Å². The lowest BCUT2D eigenvalue weighted by molar-refractivity contribution is -0.117. The van der Waals surface area contributed by atoms with Crippen molar-refractivity contribution < 1.29 is 22.9 Å². The number of hydrogen-bond donors (Lipinski definition) is 0. The standard InChI is InChI=1S/C19H23FN2O4S/c1-12(23)2-6-16-9-21(19(24)26-16)13-5-7-18(17(20)8-13)22-14-3-4-15(22)11-27(25)10-14/h5,7-8,14-16H,2-4,6,9-11H2,1H3/t14?,15?,16-,27?/m0/s1. The minimum atomic E-state index is -0.817. The van der Waals surface area contributed by atoms with Crippen LogP contribution in [-0.2, 0) is 20.3 Å². The van der Waals surface area contributed by atoms with Crippen LogP contribution in [0.3, 0.4) is 0 Å². The molecule has 27 heavy (non-hydrogen) atoms. The second kappa shape index (κ2) is 7.22. The maximum atomic E-state index is 14.9. The number of Topliss-reactive ketones (excluding diaryl/α,β-unsaturated/α-hetero) is 1. The molecule has 3 atom stereocenters. The number of nitrogens with zero attached hydrogens (tertiary/aromatic N) is 2. The number of amides is 1. The Balaban J connectivity index is 1.50. The number of benzene rings is 1. The first-order valence-corrected chi connectivity index (χ1v) is 10.8. The van der Waals surface area contributed by atoms with Gasteiger partial charge in [0.15, 0.2) is 0 Å². The number of cyclic esters (lactones) is 1. The van der Waals surface area contributed by atoms with E-state index in [1.807, 2.05) is 0 Å². The van der Waals surface area contributed by atoms with Crippen molar-refractivity contribution in [2.45, 2.75) is 50.8 Å². The van der Waals surface area contributed by atoms with Crippen LogP contribution >= 0.6 is 0 Å². The minimum absolute atomic E-state index is 0.0528. The zero-order chi connectivity index (χ0) is 19.1. The van der Waals surface area contributed by atoms with E-state index in [0.29, 0.717) is 42.3 Å². The highest BCUT2D eigenvalue weighted by atomic mass is 32.2. The largest absolute Gasteiger partial charge is 0.444 e. The monoisotopic (exact) mass is 394 g/mol. The Labute approximate surface area is 160 Å². The fraction of sp³-hybridized carbons (Fsp3) is 0.579. The lowest BCUT2D eigenvalue weighted by Crippen LogP contribution is -2.47. The first-order chi connectivity index (χ1) is 12.9. The Morgan fingerprint density at radius 1 is 1.30 bits per heavy atom. The average Bonchev–Trinajstić information content (AvgIpc) is 3.10. The van der Waals surface area contributed by atoms with E-state index in [4.69, 9.17) is 4.74 Å². The van der Waals surface area contributed by atoms with E-state index >= 15 is 0 Å². The summed E-state index contributed by atoms with van der Waals surface area (Å²) in [5, 5.41) is 0. The summed E-state index contributed by atoms with van der Waals surface area (Å²) in [7, 11) is -0.817. The van der Waals surface area contributed by atoms with E-state index in [1.54, 1.807) is 12.1 Å². The van der Waals surface area contributed by atoms with Crippen LogP contribution < -0.4 is 9.80 Å². The molecule has 3 aliphatic heterocycles. The summed E-state index contributed by atoms with van der Waals surface area (Å²) in [6.45, 7) is 1.82. The number of hydrogen-bond acceptors (Lipinski definition) is 5. The maximum Gasteiger partial charge on any atom is 0.414 e. The van der Waals surface area contributed by atoms with Gasteiger partial charge < -0.3 is 14.4 Å². The second-order valence-electron chi connectivity index (χ2n) is 7.56. The van der Waals surface area contributed by atoms with Crippen LogP contribution in [-0.4, -0.2) is 52.3 Å². The molecule has 4 rings (SSSR count). The fourth-order valence-corrected chi connectivity index (χ4v) is 5.95. The number of rotatable bonds is 5. The van der Waals surface area contributed by atoms with E-state index < -0.39 is 16.9 Å². The summed E-state index contributed by atoms with van der Waals surface area (Å²) in [6.07, 6.45) is 1.85. The normalized spacial score (nSPS) is 29.9. The van der Waals surface area contributed by atoms with Crippen molar-refractivity contribution in [2.24, 2.45) is 0 Å². The highest BCUT2D eigenvalue weighted by molar-refractivity contribution is 7.85. The minimum Gasteiger partial charge on any atom is -0.444 e. The van der Waals surface area contributed by atoms with Crippen LogP contribution in [0.1, 0.15) is 32.6 Å². The van der Waals surface area contributed by atoms with Crippen LogP contribution in [0.5, 0.6) is 0 Å². The van der Waals surface area contributed by atoms with Gasteiger partial charge in [0.1, 0.15) is 17.7 Å². The van der Waals surface area contributed by atoms with Gasteiger partial charge in [-0.25, -0.2) is 9.18 Å². The molecule has 1 aromatic carbocycles. The molecule has 0 N–H and O–H groups in total. The van der Waals surface area contributed by atoms with Crippen LogP contribution in [0.15, 0.2) is 18.2 Å². The van der Waals surface area contributed by atoms with Crippen LogP contribution in [0.4, 0.5) is 20.6 Å². The SMILES string of the molecule is CC(=O)CC[C@H]1CN(c2ccc(N3C4CCC3CS(=O)C4)c(F)c2)C(=O)O1. The number of carbonyl (C=O) groups is 2. The lowest BCUT2D eigenvalue weighted by atomic mass is 10.1. The smallest absolute Gasteiger partial charge is 0.414 e. The van der Waals surface area contributed by atoms with Gasteiger partial charge in [0.25, 0.3) is 0 Å².